The van der Waals surface area contributed by atoms with Crippen LogP contribution in [0.15, 0.2) is 11.3 Å². The van der Waals surface area contributed by atoms with Gasteiger partial charge in [0, 0.05) is 6.92 Å². The molecule has 1 N–H and O–H groups in total. The molecule has 0 radical (unpaired) electrons. The number of aldehydes is 1. The van der Waals surface area contributed by atoms with Crippen molar-refractivity contribution in [1.82, 2.24) is 5.32 Å². The Labute approximate surface area is 78.2 Å². The molecule has 13 heavy (non-hydrogen) atoms. The highest BCUT2D eigenvalue weighted by Gasteiger charge is 2.11. The monoisotopic (exact) mass is 181 g/mol. The summed E-state index contributed by atoms with van der Waals surface area (Å²) in [7, 11) is 0. The van der Waals surface area contributed by atoms with Crippen LogP contribution in [0.25, 0.3) is 0 Å². The lowest BCUT2D eigenvalue weighted by molar-refractivity contribution is -0.119. The second kappa shape index (κ2) is 4.80. The number of nitrogens with one attached hydrogen (secondary N) is 1. The van der Waals surface area contributed by atoms with Crippen molar-refractivity contribution in [2.24, 2.45) is 0 Å². The van der Waals surface area contributed by atoms with Crippen LogP contribution in [-0.4, -0.2) is 12.2 Å². The van der Waals surface area contributed by atoms with Gasteiger partial charge >= 0.3 is 0 Å². The zero-order valence-corrected chi connectivity index (χ0v) is 7.93. The molecular formula is C10H15NO2. The molecule has 1 amide bonds. The Hall–Kier alpha value is -1.12. The largest absolute Gasteiger partial charge is 0.324 e. The lowest BCUT2D eigenvalue weighted by atomic mass is 9.93. The first-order valence-corrected chi connectivity index (χ1v) is 4.69. The van der Waals surface area contributed by atoms with Gasteiger partial charge in [0.15, 0.2) is 6.29 Å². The Morgan fingerprint density at radius 3 is 2.38 bits per heavy atom. The summed E-state index contributed by atoms with van der Waals surface area (Å²) in [5, 5.41) is 2.57. The van der Waals surface area contributed by atoms with E-state index in [4.69, 9.17) is 0 Å². The van der Waals surface area contributed by atoms with Crippen LogP contribution in [0.3, 0.4) is 0 Å². The van der Waals surface area contributed by atoms with Gasteiger partial charge in [0.2, 0.25) is 5.91 Å². The van der Waals surface area contributed by atoms with Crippen molar-refractivity contribution in [3.05, 3.63) is 11.3 Å². The van der Waals surface area contributed by atoms with E-state index in [0.717, 1.165) is 37.5 Å². The van der Waals surface area contributed by atoms with Gasteiger partial charge in [-0.3, -0.25) is 9.59 Å². The van der Waals surface area contributed by atoms with E-state index in [1.807, 2.05) is 0 Å². The maximum absolute atomic E-state index is 10.8. The molecule has 1 saturated carbocycles. The fourth-order valence-corrected chi connectivity index (χ4v) is 1.64. The van der Waals surface area contributed by atoms with Crippen molar-refractivity contribution < 1.29 is 9.59 Å². The van der Waals surface area contributed by atoms with Gasteiger partial charge in [-0.05, 0) is 31.3 Å². The number of hydrogen-bond acceptors (Lipinski definition) is 2. The fraction of sp³-hybridized carbons (Fsp3) is 0.600. The summed E-state index contributed by atoms with van der Waals surface area (Å²) >= 11 is 0. The zero-order chi connectivity index (χ0) is 9.68. The third-order valence-corrected chi connectivity index (χ3v) is 2.27. The molecule has 0 aromatic heterocycles. The highest BCUT2D eigenvalue weighted by atomic mass is 16.2. The fourth-order valence-electron chi connectivity index (χ4n) is 1.64. The second-order valence-electron chi connectivity index (χ2n) is 3.38. The van der Waals surface area contributed by atoms with Gasteiger partial charge in [-0.2, -0.15) is 0 Å². The van der Waals surface area contributed by atoms with E-state index in [2.05, 4.69) is 5.32 Å². The molecule has 0 heterocycles. The van der Waals surface area contributed by atoms with Crippen LogP contribution in [0.5, 0.6) is 0 Å². The molecular weight excluding hydrogens is 166 g/mol. The van der Waals surface area contributed by atoms with E-state index in [0.29, 0.717) is 5.70 Å². The van der Waals surface area contributed by atoms with Crippen molar-refractivity contribution in [3.63, 3.8) is 0 Å². The Morgan fingerprint density at radius 2 is 1.92 bits per heavy atom. The van der Waals surface area contributed by atoms with Gasteiger partial charge in [-0.1, -0.05) is 6.42 Å². The molecule has 0 saturated heterocycles. The van der Waals surface area contributed by atoms with Crippen LogP contribution in [-0.2, 0) is 9.59 Å². The molecule has 0 aliphatic heterocycles. The maximum atomic E-state index is 10.8. The smallest absolute Gasteiger partial charge is 0.221 e. The molecule has 3 nitrogen and oxygen atoms in total. The number of allylic oxidation sites excluding steroid dienone is 2. The molecule has 0 aromatic carbocycles. The van der Waals surface area contributed by atoms with Gasteiger partial charge in [-0.25, -0.2) is 0 Å². The number of carbonyl (C=O) groups is 2. The Morgan fingerprint density at radius 1 is 1.31 bits per heavy atom. The minimum absolute atomic E-state index is 0.167. The number of amides is 1. The van der Waals surface area contributed by atoms with Crippen molar-refractivity contribution in [3.8, 4) is 0 Å². The molecule has 1 fully saturated rings. The van der Waals surface area contributed by atoms with Crippen LogP contribution >= 0.6 is 0 Å². The van der Waals surface area contributed by atoms with Gasteiger partial charge in [0.05, 0.1) is 5.70 Å². The summed E-state index contributed by atoms with van der Waals surface area (Å²) in [6.07, 6.45) is 6.15. The minimum atomic E-state index is -0.167. The third-order valence-electron chi connectivity index (χ3n) is 2.27. The molecule has 1 rings (SSSR count). The molecule has 1 aliphatic rings. The van der Waals surface area contributed by atoms with E-state index < -0.39 is 0 Å². The number of hydrogen-bond donors (Lipinski definition) is 1. The topological polar surface area (TPSA) is 46.2 Å². The van der Waals surface area contributed by atoms with Crippen molar-refractivity contribution in [1.29, 1.82) is 0 Å². The number of carbonyl (C=O) groups excluding carboxylic acids is 2. The van der Waals surface area contributed by atoms with Gasteiger partial charge in [-0.15, -0.1) is 0 Å². The summed E-state index contributed by atoms with van der Waals surface area (Å²) in [4.78, 5) is 21.4. The average molecular weight is 181 g/mol. The molecule has 0 atom stereocenters. The first-order valence-electron chi connectivity index (χ1n) is 4.69. The van der Waals surface area contributed by atoms with E-state index in [1.54, 1.807) is 0 Å². The summed E-state index contributed by atoms with van der Waals surface area (Å²) in [5.74, 6) is -0.167. The van der Waals surface area contributed by atoms with Gasteiger partial charge in [0.1, 0.15) is 0 Å². The normalized spacial score (nSPS) is 16.5. The average Bonchev–Trinajstić information content (AvgIpc) is 2.15. The maximum Gasteiger partial charge on any atom is 0.221 e. The predicted octanol–water partition coefficient (Wildman–Crippen LogP) is 1.54. The highest BCUT2D eigenvalue weighted by molar-refractivity contribution is 5.85. The van der Waals surface area contributed by atoms with Crippen LogP contribution in [0, 0.1) is 0 Å². The molecule has 0 bridgehead atoms. The Balaban J connectivity index is 2.69. The predicted molar refractivity (Wildman–Crippen MR) is 50.0 cm³/mol. The van der Waals surface area contributed by atoms with Crippen LogP contribution in [0.1, 0.15) is 39.0 Å². The van der Waals surface area contributed by atoms with Crippen molar-refractivity contribution in [2.75, 3.05) is 0 Å². The SMILES string of the molecule is CC(=O)NC(C=O)=C1CCCCC1. The lowest BCUT2D eigenvalue weighted by Crippen LogP contribution is -2.22. The summed E-state index contributed by atoms with van der Waals surface area (Å²) in [5.41, 5.74) is 1.60. The van der Waals surface area contributed by atoms with Gasteiger partial charge < -0.3 is 5.32 Å². The molecule has 1 aliphatic carbocycles. The summed E-state index contributed by atoms with van der Waals surface area (Å²) < 4.78 is 0. The van der Waals surface area contributed by atoms with Crippen LogP contribution in [0.4, 0.5) is 0 Å². The Kier molecular flexibility index (Phi) is 3.68. The van der Waals surface area contributed by atoms with E-state index in [-0.39, 0.29) is 5.91 Å². The first-order chi connectivity index (χ1) is 6.24. The quantitative estimate of drug-likeness (QED) is 0.519. The lowest BCUT2D eigenvalue weighted by Gasteiger charge is -2.16. The third kappa shape index (κ3) is 3.01. The highest BCUT2D eigenvalue weighted by Crippen LogP contribution is 2.24. The first kappa shape index (κ1) is 9.96. The van der Waals surface area contributed by atoms with Crippen molar-refractivity contribution in [2.45, 2.75) is 39.0 Å². The molecule has 0 spiro atoms. The van der Waals surface area contributed by atoms with E-state index >= 15 is 0 Å². The molecule has 0 unspecified atom stereocenters. The van der Waals surface area contributed by atoms with Gasteiger partial charge in [0.25, 0.3) is 0 Å². The zero-order valence-electron chi connectivity index (χ0n) is 7.93. The van der Waals surface area contributed by atoms with E-state index in [1.165, 1.54) is 13.3 Å². The standard InChI is InChI=1S/C10H15NO2/c1-8(13)11-10(7-12)9-5-3-2-4-6-9/h7H,2-6H2,1H3,(H,11,13). The van der Waals surface area contributed by atoms with Crippen LogP contribution in [0.2, 0.25) is 0 Å². The number of rotatable bonds is 2. The second-order valence-corrected chi connectivity index (χ2v) is 3.38. The Bertz CT molecular complexity index is 235. The van der Waals surface area contributed by atoms with Crippen LogP contribution < -0.4 is 5.32 Å². The summed E-state index contributed by atoms with van der Waals surface area (Å²) in [6.45, 7) is 1.42. The van der Waals surface area contributed by atoms with E-state index in [9.17, 15) is 9.59 Å². The van der Waals surface area contributed by atoms with Crippen molar-refractivity contribution >= 4 is 12.2 Å². The molecule has 3 heteroatoms. The minimum Gasteiger partial charge on any atom is -0.324 e. The summed E-state index contributed by atoms with van der Waals surface area (Å²) in [6, 6.07) is 0. The molecule has 72 valence electrons. The molecule has 0 aromatic rings.